The van der Waals surface area contributed by atoms with E-state index in [9.17, 15) is 4.79 Å². The normalized spacial score (nSPS) is 20.3. The van der Waals surface area contributed by atoms with E-state index in [2.05, 4.69) is 4.98 Å². The van der Waals surface area contributed by atoms with E-state index in [1.165, 1.54) is 0 Å². The molecule has 27 heavy (non-hydrogen) atoms. The quantitative estimate of drug-likeness (QED) is 0.745. The molecular weight excluding hydrogens is 387 g/mol. The molecule has 0 aliphatic carbocycles. The van der Waals surface area contributed by atoms with Crippen molar-refractivity contribution in [3.63, 3.8) is 0 Å². The molecule has 2 aliphatic rings. The van der Waals surface area contributed by atoms with Gasteiger partial charge in [-0.25, -0.2) is 4.98 Å². The van der Waals surface area contributed by atoms with Gasteiger partial charge in [0.2, 0.25) is 5.91 Å². The van der Waals surface area contributed by atoms with Crippen molar-refractivity contribution in [3.05, 3.63) is 58.7 Å². The number of pyridine rings is 1. The van der Waals surface area contributed by atoms with Gasteiger partial charge in [-0.2, -0.15) is 0 Å². The molecule has 7 heteroatoms. The third-order valence-electron chi connectivity index (χ3n) is 4.48. The second kappa shape index (κ2) is 10.0. The Morgan fingerprint density at radius 1 is 1.04 bits per heavy atom. The van der Waals surface area contributed by atoms with Gasteiger partial charge in [0.05, 0.1) is 23.3 Å². The zero-order valence-corrected chi connectivity index (χ0v) is 16.4. The highest BCUT2D eigenvalue weighted by Gasteiger charge is 2.30. The van der Waals surface area contributed by atoms with Crippen LogP contribution in [0.1, 0.15) is 19.3 Å². The number of halogens is 2. The van der Waals surface area contributed by atoms with E-state index in [0.717, 1.165) is 18.7 Å². The molecule has 0 bridgehead atoms. The van der Waals surface area contributed by atoms with Crippen molar-refractivity contribution in [3.8, 4) is 0 Å². The molecule has 0 spiro atoms. The maximum atomic E-state index is 12.0. The van der Waals surface area contributed by atoms with Crippen LogP contribution < -0.4 is 4.90 Å². The molecule has 2 aromatic rings. The summed E-state index contributed by atoms with van der Waals surface area (Å²) >= 11 is 11.2. The Balaban J connectivity index is 0.000000221. The van der Waals surface area contributed by atoms with Crippen LogP contribution in [0.4, 0.5) is 5.82 Å². The average Bonchev–Trinajstić information content (AvgIpc) is 3.20. The third-order valence-corrected chi connectivity index (χ3v) is 5.23. The molecule has 1 atom stereocenters. The summed E-state index contributed by atoms with van der Waals surface area (Å²) in [7, 11) is 0. The first-order chi connectivity index (χ1) is 13.1. The van der Waals surface area contributed by atoms with Gasteiger partial charge >= 0.3 is 0 Å². The van der Waals surface area contributed by atoms with Crippen LogP contribution in [0, 0.1) is 5.92 Å². The minimum absolute atomic E-state index is 0.0937. The van der Waals surface area contributed by atoms with Crippen molar-refractivity contribution < 1.29 is 14.3 Å². The largest absolute Gasteiger partial charge is 0.350 e. The number of nitrogens with zero attached hydrogens (tertiary/aromatic N) is 2. The van der Waals surface area contributed by atoms with E-state index in [0.29, 0.717) is 42.1 Å². The molecule has 2 saturated heterocycles. The Morgan fingerprint density at radius 3 is 2.30 bits per heavy atom. The molecule has 1 unspecified atom stereocenters. The summed E-state index contributed by atoms with van der Waals surface area (Å²) in [5.41, 5.74) is 0. The Kier molecular flexibility index (Phi) is 7.47. The van der Waals surface area contributed by atoms with Gasteiger partial charge in [-0.1, -0.05) is 41.4 Å². The van der Waals surface area contributed by atoms with Gasteiger partial charge in [0.25, 0.3) is 0 Å². The molecule has 1 amide bonds. The highest BCUT2D eigenvalue weighted by atomic mass is 35.5. The summed E-state index contributed by atoms with van der Waals surface area (Å²) in [6, 6.07) is 12.8. The number of hydrogen-bond donors (Lipinski definition) is 0. The van der Waals surface area contributed by atoms with Gasteiger partial charge in [-0.05, 0) is 36.6 Å². The van der Waals surface area contributed by atoms with Crippen LogP contribution >= 0.6 is 23.2 Å². The van der Waals surface area contributed by atoms with E-state index in [4.69, 9.17) is 32.7 Å². The second-order valence-electron chi connectivity index (χ2n) is 6.42. The molecule has 0 saturated carbocycles. The molecule has 2 aliphatic heterocycles. The number of benzene rings is 1. The first-order valence-electron chi connectivity index (χ1n) is 8.98. The number of aromatic nitrogens is 1. The number of carbonyl (C=O) groups is 1. The smallest absolute Gasteiger partial charge is 0.228 e. The summed E-state index contributed by atoms with van der Waals surface area (Å²) in [5, 5.41) is 1.21. The number of ether oxygens (including phenoxy) is 2. The van der Waals surface area contributed by atoms with Crippen molar-refractivity contribution in [1.29, 1.82) is 0 Å². The lowest BCUT2D eigenvalue weighted by atomic mass is 9.94. The number of amides is 1. The number of piperidine rings is 1. The molecule has 1 aromatic carbocycles. The lowest BCUT2D eigenvalue weighted by Crippen LogP contribution is -2.41. The van der Waals surface area contributed by atoms with Crippen LogP contribution in [-0.2, 0) is 14.3 Å². The van der Waals surface area contributed by atoms with Crippen molar-refractivity contribution in [2.45, 2.75) is 25.6 Å². The lowest BCUT2D eigenvalue weighted by Gasteiger charge is -2.32. The van der Waals surface area contributed by atoms with Crippen LogP contribution in [0.2, 0.25) is 10.0 Å². The van der Waals surface area contributed by atoms with Crippen molar-refractivity contribution in [2.24, 2.45) is 5.92 Å². The SMILES string of the molecule is Clc1ccccc1Cl.O=C1CCC(CC2OCCO2)CN1c1ccccn1. The van der Waals surface area contributed by atoms with Crippen LogP contribution in [0.5, 0.6) is 0 Å². The van der Waals surface area contributed by atoms with E-state index >= 15 is 0 Å². The van der Waals surface area contributed by atoms with Gasteiger partial charge in [-0.15, -0.1) is 0 Å². The number of carbonyl (C=O) groups excluding carboxylic acids is 1. The Morgan fingerprint density at radius 2 is 1.70 bits per heavy atom. The molecule has 1 aromatic heterocycles. The van der Waals surface area contributed by atoms with E-state index in [1.54, 1.807) is 23.2 Å². The fourth-order valence-electron chi connectivity index (χ4n) is 3.10. The molecule has 4 rings (SSSR count). The monoisotopic (exact) mass is 408 g/mol. The zero-order valence-electron chi connectivity index (χ0n) is 14.9. The standard InChI is InChI=1S/C14H18N2O3.C6H4Cl2/c17-13-5-4-11(9-14-18-7-8-19-14)10-16(13)12-3-1-2-6-15-12;7-5-3-1-2-4-6(5)8/h1-3,6,11,14H,4-5,7-10H2;1-4H. The van der Waals surface area contributed by atoms with Gasteiger partial charge in [-0.3, -0.25) is 9.69 Å². The summed E-state index contributed by atoms with van der Waals surface area (Å²) in [6.07, 6.45) is 3.97. The first-order valence-corrected chi connectivity index (χ1v) is 9.73. The molecule has 2 fully saturated rings. The predicted octanol–water partition coefficient (Wildman–Crippen LogP) is 4.58. The van der Waals surface area contributed by atoms with Gasteiger partial charge in [0.1, 0.15) is 5.82 Å². The van der Waals surface area contributed by atoms with Gasteiger partial charge in [0, 0.05) is 25.6 Å². The first kappa shape index (κ1) is 20.1. The second-order valence-corrected chi connectivity index (χ2v) is 7.23. The molecule has 3 heterocycles. The fourth-order valence-corrected chi connectivity index (χ4v) is 3.37. The topological polar surface area (TPSA) is 51.7 Å². The predicted molar refractivity (Wildman–Crippen MR) is 106 cm³/mol. The van der Waals surface area contributed by atoms with Crippen LogP contribution in [0.15, 0.2) is 48.7 Å². The summed E-state index contributed by atoms with van der Waals surface area (Å²) in [5.74, 6) is 1.32. The van der Waals surface area contributed by atoms with Gasteiger partial charge < -0.3 is 9.47 Å². The fraction of sp³-hybridized carbons (Fsp3) is 0.400. The Labute approximate surface area is 169 Å². The molecule has 0 radical (unpaired) electrons. The van der Waals surface area contributed by atoms with E-state index < -0.39 is 0 Å². The lowest BCUT2D eigenvalue weighted by molar-refractivity contribution is -0.121. The van der Waals surface area contributed by atoms with Crippen LogP contribution in [0.3, 0.4) is 0 Å². The summed E-state index contributed by atoms with van der Waals surface area (Å²) in [4.78, 5) is 18.0. The molecule has 0 N–H and O–H groups in total. The minimum Gasteiger partial charge on any atom is -0.350 e. The maximum Gasteiger partial charge on any atom is 0.228 e. The van der Waals surface area contributed by atoms with Crippen molar-refractivity contribution in [1.82, 2.24) is 4.98 Å². The van der Waals surface area contributed by atoms with Gasteiger partial charge in [0.15, 0.2) is 6.29 Å². The molecule has 144 valence electrons. The number of hydrogen-bond acceptors (Lipinski definition) is 4. The minimum atomic E-state index is -0.0937. The number of rotatable bonds is 3. The summed E-state index contributed by atoms with van der Waals surface area (Å²) < 4.78 is 11.0. The Hall–Kier alpha value is -1.66. The summed E-state index contributed by atoms with van der Waals surface area (Å²) in [6.45, 7) is 2.07. The van der Waals surface area contributed by atoms with E-state index in [1.807, 2.05) is 30.3 Å². The van der Waals surface area contributed by atoms with Crippen molar-refractivity contribution in [2.75, 3.05) is 24.7 Å². The van der Waals surface area contributed by atoms with E-state index in [-0.39, 0.29) is 12.2 Å². The Bertz CT molecular complexity index is 718. The van der Waals surface area contributed by atoms with Crippen molar-refractivity contribution >= 4 is 34.9 Å². The van der Waals surface area contributed by atoms with Crippen LogP contribution in [0.25, 0.3) is 0 Å². The highest BCUT2D eigenvalue weighted by molar-refractivity contribution is 6.41. The number of anilines is 1. The van der Waals surface area contributed by atoms with Crippen LogP contribution in [-0.4, -0.2) is 36.9 Å². The molecule has 5 nitrogen and oxygen atoms in total. The third kappa shape index (κ3) is 5.91. The maximum absolute atomic E-state index is 12.0. The zero-order chi connectivity index (χ0) is 19.1. The molecular formula is C20H22Cl2N2O3. The average molecular weight is 409 g/mol. The highest BCUT2D eigenvalue weighted by Crippen LogP contribution is 2.27.